The first-order chi connectivity index (χ1) is 17.6. The van der Waals surface area contributed by atoms with Crippen molar-refractivity contribution < 1.29 is 23.8 Å². The zero-order valence-corrected chi connectivity index (χ0v) is 23.7. The first kappa shape index (κ1) is 30.1. The monoisotopic (exact) mass is 577 g/mol. The third kappa shape index (κ3) is 9.37. The van der Waals surface area contributed by atoms with Gasteiger partial charge in [0.1, 0.15) is 40.3 Å². The molecule has 11 heteroatoms. The number of nitriles is 1. The molecular weight excluding hydrogens is 542 g/mol. The molecule has 1 aliphatic rings. The lowest BCUT2D eigenvalue weighted by atomic mass is 10.0. The maximum absolute atomic E-state index is 12.8. The lowest BCUT2D eigenvalue weighted by Gasteiger charge is -2.14. The molecule has 1 aromatic carbocycles. The van der Waals surface area contributed by atoms with E-state index in [1.54, 1.807) is 20.3 Å². The molecule has 0 aliphatic carbocycles. The number of aromatic nitrogens is 2. The minimum atomic E-state index is -0.318. The Hall–Kier alpha value is -3.10. The third-order valence-electron chi connectivity index (χ3n) is 5.44. The molecule has 202 valence electrons. The molecule has 2 N–H and O–H groups in total. The molecule has 1 saturated heterocycles. The van der Waals surface area contributed by atoms with Gasteiger partial charge in [-0.15, -0.1) is 0 Å². The minimum absolute atomic E-state index is 0.0250. The second-order valence-electron chi connectivity index (χ2n) is 9.43. The number of anilines is 1. The van der Waals surface area contributed by atoms with Crippen LogP contribution in [-0.2, 0) is 27.2 Å². The van der Waals surface area contributed by atoms with E-state index in [4.69, 9.17) is 9.47 Å². The Balaban J connectivity index is 0.000000604. The highest BCUT2D eigenvalue weighted by Crippen LogP contribution is 2.28. The van der Waals surface area contributed by atoms with E-state index in [1.807, 2.05) is 37.6 Å². The Morgan fingerprint density at radius 3 is 2.41 bits per heavy atom. The van der Waals surface area contributed by atoms with Gasteiger partial charge < -0.3 is 24.8 Å². The molecule has 1 aromatic heterocycles. The van der Waals surface area contributed by atoms with Gasteiger partial charge in [-0.3, -0.25) is 9.59 Å². The summed E-state index contributed by atoms with van der Waals surface area (Å²) < 4.78 is 17.0. The number of ketones is 1. The smallest absolute Gasteiger partial charge is 0.293 e. The standard InChI is InChI=1S/C21H26BrN5O3.C5H10O2/c1-29-17-8-14(9-18(11-17)30-2)7-16(28)10-20-19(12-23)21(25-6-4-22)27(26-20)15-3-5-24-13-15;1-5(2,3)7-4-6/h8-9,11,15,24-25H,3-7,10,13H2,1-2H3;4H,1-3H3/t15-;/m0./s1. The van der Waals surface area contributed by atoms with E-state index in [-0.39, 0.29) is 30.3 Å². The van der Waals surface area contributed by atoms with Crippen molar-refractivity contribution in [3.05, 3.63) is 35.0 Å². The first-order valence-corrected chi connectivity index (χ1v) is 13.1. The van der Waals surface area contributed by atoms with Gasteiger partial charge in [-0.05, 0) is 51.4 Å². The Labute approximate surface area is 226 Å². The average Bonchev–Trinajstić information content (AvgIpc) is 3.49. The molecule has 0 spiro atoms. The van der Waals surface area contributed by atoms with E-state index in [2.05, 4.69) is 42.5 Å². The highest BCUT2D eigenvalue weighted by molar-refractivity contribution is 9.09. The van der Waals surface area contributed by atoms with Crippen LogP contribution in [0.4, 0.5) is 5.82 Å². The van der Waals surface area contributed by atoms with Crippen molar-refractivity contribution in [1.29, 1.82) is 5.26 Å². The number of hydrogen-bond donors (Lipinski definition) is 2. The minimum Gasteiger partial charge on any atom is -0.497 e. The fourth-order valence-corrected chi connectivity index (χ4v) is 3.96. The second-order valence-corrected chi connectivity index (χ2v) is 10.2. The van der Waals surface area contributed by atoms with Crippen molar-refractivity contribution >= 4 is 34.0 Å². The van der Waals surface area contributed by atoms with Gasteiger partial charge in [0.2, 0.25) is 0 Å². The van der Waals surface area contributed by atoms with Gasteiger partial charge in [-0.1, -0.05) is 15.9 Å². The van der Waals surface area contributed by atoms with Crippen molar-refractivity contribution in [3.8, 4) is 17.6 Å². The Bertz CT molecular complexity index is 1060. The van der Waals surface area contributed by atoms with Gasteiger partial charge in [0, 0.05) is 30.9 Å². The Kier molecular flexibility index (Phi) is 11.9. The zero-order chi connectivity index (χ0) is 27.4. The fraction of sp³-hybridized carbons (Fsp3) is 0.538. The third-order valence-corrected chi connectivity index (χ3v) is 5.84. The van der Waals surface area contributed by atoms with E-state index in [0.29, 0.717) is 41.6 Å². The van der Waals surface area contributed by atoms with Gasteiger partial charge in [-0.2, -0.15) is 10.4 Å². The summed E-state index contributed by atoms with van der Waals surface area (Å²) in [4.78, 5) is 22.4. The number of nitrogens with zero attached hydrogens (tertiary/aromatic N) is 3. The average molecular weight is 579 g/mol. The molecular formula is C26H36BrN5O5. The maximum Gasteiger partial charge on any atom is 0.293 e. The summed E-state index contributed by atoms with van der Waals surface area (Å²) in [6.45, 7) is 8.30. The molecule has 3 rings (SSSR count). The van der Waals surface area contributed by atoms with Crippen LogP contribution in [0.25, 0.3) is 0 Å². The summed E-state index contributed by atoms with van der Waals surface area (Å²) in [5, 5.41) is 21.8. The van der Waals surface area contributed by atoms with Crippen LogP contribution in [0.15, 0.2) is 18.2 Å². The molecule has 0 bridgehead atoms. The van der Waals surface area contributed by atoms with Crippen LogP contribution < -0.4 is 20.1 Å². The molecule has 0 amide bonds. The van der Waals surface area contributed by atoms with Crippen molar-refractivity contribution in [2.45, 2.75) is 51.7 Å². The normalized spacial score (nSPS) is 14.7. The lowest BCUT2D eigenvalue weighted by molar-refractivity contribution is -0.138. The second kappa shape index (κ2) is 14.6. The number of rotatable bonds is 11. The van der Waals surface area contributed by atoms with Gasteiger partial charge in [0.05, 0.1) is 32.4 Å². The van der Waals surface area contributed by atoms with E-state index < -0.39 is 0 Å². The molecule has 1 aliphatic heterocycles. The first-order valence-electron chi connectivity index (χ1n) is 12.0. The van der Waals surface area contributed by atoms with Crippen molar-refractivity contribution in [2.75, 3.05) is 44.5 Å². The van der Waals surface area contributed by atoms with E-state index in [1.165, 1.54) is 0 Å². The summed E-state index contributed by atoms with van der Waals surface area (Å²) in [6, 6.07) is 7.82. The molecule has 0 saturated carbocycles. The molecule has 1 atom stereocenters. The summed E-state index contributed by atoms with van der Waals surface area (Å²) in [5.74, 6) is 1.93. The fourth-order valence-electron chi connectivity index (χ4n) is 3.76. The maximum atomic E-state index is 12.8. The molecule has 10 nitrogen and oxygen atoms in total. The Morgan fingerprint density at radius 1 is 1.27 bits per heavy atom. The van der Waals surface area contributed by atoms with E-state index in [9.17, 15) is 14.9 Å². The highest BCUT2D eigenvalue weighted by Gasteiger charge is 2.26. The van der Waals surface area contributed by atoms with E-state index >= 15 is 0 Å². The van der Waals surface area contributed by atoms with Crippen LogP contribution in [0.1, 0.15) is 50.1 Å². The van der Waals surface area contributed by atoms with Crippen LogP contribution >= 0.6 is 15.9 Å². The number of ether oxygens (including phenoxy) is 3. The number of nitrogens with one attached hydrogen (secondary N) is 2. The van der Waals surface area contributed by atoms with Gasteiger partial charge in [0.15, 0.2) is 0 Å². The predicted molar refractivity (Wildman–Crippen MR) is 145 cm³/mol. The van der Waals surface area contributed by atoms with Crippen LogP contribution in [-0.4, -0.2) is 66.8 Å². The quantitative estimate of drug-likeness (QED) is 0.305. The number of methoxy groups -OCH3 is 2. The SMILES string of the molecule is CC(C)(C)OC=O.COc1cc(CC(=O)Cc2nn([C@H]3CCNC3)c(NCCBr)c2C#N)cc(OC)c1. The number of halogens is 1. The van der Waals surface area contributed by atoms with Crippen molar-refractivity contribution in [3.63, 3.8) is 0 Å². The topological polar surface area (TPSA) is 128 Å². The largest absolute Gasteiger partial charge is 0.497 e. The van der Waals surface area contributed by atoms with Gasteiger partial charge >= 0.3 is 0 Å². The van der Waals surface area contributed by atoms with Crippen LogP contribution in [0.5, 0.6) is 11.5 Å². The number of Topliss-reactive ketones (excluding diaryl/α,β-unsaturated/α-hetero) is 1. The van der Waals surface area contributed by atoms with Crippen LogP contribution in [0.3, 0.4) is 0 Å². The van der Waals surface area contributed by atoms with Gasteiger partial charge in [-0.25, -0.2) is 4.68 Å². The summed E-state index contributed by atoms with van der Waals surface area (Å²) in [5.41, 5.74) is 1.44. The molecule has 37 heavy (non-hydrogen) atoms. The number of alkyl halides is 1. The van der Waals surface area contributed by atoms with Crippen LogP contribution in [0, 0.1) is 11.3 Å². The summed E-state index contributed by atoms with van der Waals surface area (Å²) in [7, 11) is 3.15. The zero-order valence-electron chi connectivity index (χ0n) is 22.1. The van der Waals surface area contributed by atoms with Crippen molar-refractivity contribution in [1.82, 2.24) is 15.1 Å². The number of benzene rings is 1. The molecule has 2 heterocycles. The van der Waals surface area contributed by atoms with Crippen LogP contribution in [0.2, 0.25) is 0 Å². The Morgan fingerprint density at radius 2 is 1.95 bits per heavy atom. The summed E-state index contributed by atoms with van der Waals surface area (Å²) in [6.07, 6.45) is 1.24. The highest BCUT2D eigenvalue weighted by atomic mass is 79.9. The lowest BCUT2D eigenvalue weighted by Crippen LogP contribution is -2.18. The number of carbonyl (C=O) groups is 2. The summed E-state index contributed by atoms with van der Waals surface area (Å²) >= 11 is 3.41. The predicted octanol–water partition coefficient (Wildman–Crippen LogP) is 3.43. The number of hydrogen-bond acceptors (Lipinski definition) is 9. The number of carbonyl (C=O) groups excluding carboxylic acids is 2. The molecule has 1 fully saturated rings. The van der Waals surface area contributed by atoms with E-state index in [0.717, 1.165) is 30.4 Å². The molecule has 0 unspecified atom stereocenters. The van der Waals surface area contributed by atoms with Gasteiger partial charge in [0.25, 0.3) is 6.47 Å². The van der Waals surface area contributed by atoms with Crippen molar-refractivity contribution in [2.24, 2.45) is 0 Å². The molecule has 2 aromatic rings. The molecule has 0 radical (unpaired) electrons.